The molecular weight excluding hydrogens is 353 g/mol. The number of carbonyl (C=O) groups excluding carboxylic acids is 1. The standard InChI is InChI=1S/C13H19F7O2S/c1-3-6-9(10(21)22-4-2)23-8-5-7-11(14,15)12(16,17)13(18,19)20/h9H,3-8H2,1-2H3. The van der Waals surface area contributed by atoms with Gasteiger partial charge >= 0.3 is 24.0 Å². The Bertz CT molecular complexity index is 372. The Morgan fingerprint density at radius 1 is 1.09 bits per heavy atom. The first-order valence-electron chi connectivity index (χ1n) is 7.01. The molecule has 0 fully saturated rings. The van der Waals surface area contributed by atoms with E-state index < -0.39 is 42.1 Å². The smallest absolute Gasteiger partial charge is 0.459 e. The Morgan fingerprint density at radius 2 is 1.65 bits per heavy atom. The Labute approximate surface area is 134 Å². The summed E-state index contributed by atoms with van der Waals surface area (Å²) in [7, 11) is 0. The van der Waals surface area contributed by atoms with Gasteiger partial charge in [-0.1, -0.05) is 13.3 Å². The summed E-state index contributed by atoms with van der Waals surface area (Å²) in [5, 5.41) is -0.642. The van der Waals surface area contributed by atoms with Gasteiger partial charge in [0.25, 0.3) is 0 Å². The molecule has 2 nitrogen and oxygen atoms in total. The van der Waals surface area contributed by atoms with Crippen molar-refractivity contribution in [2.75, 3.05) is 12.4 Å². The van der Waals surface area contributed by atoms with Gasteiger partial charge in [-0.15, -0.1) is 11.8 Å². The van der Waals surface area contributed by atoms with Crippen LogP contribution >= 0.6 is 11.8 Å². The summed E-state index contributed by atoms with van der Waals surface area (Å²) in [6, 6.07) is 0. The predicted octanol–water partition coefficient (Wildman–Crippen LogP) is 5.06. The predicted molar refractivity (Wildman–Crippen MR) is 73.0 cm³/mol. The van der Waals surface area contributed by atoms with Gasteiger partial charge in [0.2, 0.25) is 0 Å². The Hall–Kier alpha value is -0.670. The fourth-order valence-corrected chi connectivity index (χ4v) is 2.85. The van der Waals surface area contributed by atoms with E-state index in [4.69, 9.17) is 4.74 Å². The van der Waals surface area contributed by atoms with Crippen LogP contribution in [0.1, 0.15) is 39.5 Å². The number of thioether (sulfide) groups is 1. The van der Waals surface area contributed by atoms with E-state index in [-0.39, 0.29) is 12.4 Å². The van der Waals surface area contributed by atoms with E-state index in [0.717, 1.165) is 11.8 Å². The Balaban J connectivity index is 4.50. The second-order valence-corrected chi connectivity index (χ2v) is 6.09. The van der Waals surface area contributed by atoms with E-state index in [1.165, 1.54) is 0 Å². The number of ether oxygens (including phenoxy) is 1. The van der Waals surface area contributed by atoms with Gasteiger partial charge in [0.15, 0.2) is 0 Å². The van der Waals surface area contributed by atoms with Crippen molar-refractivity contribution in [3.05, 3.63) is 0 Å². The molecule has 0 aromatic rings. The number of esters is 1. The second-order valence-electron chi connectivity index (χ2n) is 4.78. The van der Waals surface area contributed by atoms with Crippen molar-refractivity contribution in [3.63, 3.8) is 0 Å². The monoisotopic (exact) mass is 372 g/mol. The molecule has 0 saturated carbocycles. The molecule has 0 saturated heterocycles. The van der Waals surface area contributed by atoms with Crippen LogP contribution in [0.15, 0.2) is 0 Å². The van der Waals surface area contributed by atoms with Gasteiger partial charge in [0.05, 0.1) is 6.61 Å². The molecule has 0 rings (SSSR count). The molecule has 1 unspecified atom stereocenters. The van der Waals surface area contributed by atoms with Crippen molar-refractivity contribution < 1.29 is 40.3 Å². The summed E-state index contributed by atoms with van der Waals surface area (Å²) in [5.74, 6) is -12.0. The third kappa shape index (κ3) is 6.39. The maximum atomic E-state index is 13.1. The molecule has 138 valence electrons. The largest absolute Gasteiger partial charge is 0.465 e. The lowest BCUT2D eigenvalue weighted by atomic mass is 10.1. The van der Waals surface area contributed by atoms with Crippen molar-refractivity contribution in [1.82, 2.24) is 0 Å². The van der Waals surface area contributed by atoms with Gasteiger partial charge in [0.1, 0.15) is 5.25 Å². The fourth-order valence-electron chi connectivity index (χ4n) is 1.65. The second kappa shape index (κ2) is 8.98. The molecule has 0 spiro atoms. The summed E-state index contributed by atoms with van der Waals surface area (Å²) >= 11 is 0.919. The minimum absolute atomic E-state index is 0.134. The Morgan fingerprint density at radius 3 is 2.09 bits per heavy atom. The van der Waals surface area contributed by atoms with Gasteiger partial charge < -0.3 is 4.74 Å². The number of rotatable bonds is 10. The molecular formula is C13H19F7O2S. The normalized spacial score (nSPS) is 14.7. The van der Waals surface area contributed by atoms with Crippen LogP contribution in [-0.4, -0.2) is 41.6 Å². The molecule has 0 aliphatic rings. The van der Waals surface area contributed by atoms with Crippen LogP contribution in [0.2, 0.25) is 0 Å². The van der Waals surface area contributed by atoms with Crippen molar-refractivity contribution in [2.24, 2.45) is 0 Å². The Kier molecular flexibility index (Phi) is 8.72. The lowest BCUT2D eigenvalue weighted by molar-refractivity contribution is -0.355. The molecule has 0 aromatic carbocycles. The third-order valence-electron chi connectivity index (χ3n) is 2.87. The molecule has 0 aliphatic heterocycles. The SMILES string of the molecule is CCCC(SCCCC(F)(F)C(F)(F)C(F)(F)F)C(=O)OCC. The van der Waals surface area contributed by atoms with Crippen molar-refractivity contribution in [3.8, 4) is 0 Å². The summed E-state index contributed by atoms with van der Waals surface area (Å²) in [4.78, 5) is 11.6. The average Bonchev–Trinajstić information content (AvgIpc) is 2.41. The van der Waals surface area contributed by atoms with Crippen molar-refractivity contribution in [2.45, 2.75) is 62.8 Å². The maximum absolute atomic E-state index is 13.1. The highest BCUT2D eigenvalue weighted by Gasteiger charge is 2.72. The highest BCUT2D eigenvalue weighted by molar-refractivity contribution is 8.00. The number of halogens is 7. The molecule has 23 heavy (non-hydrogen) atoms. The average molecular weight is 372 g/mol. The van der Waals surface area contributed by atoms with Crippen LogP contribution in [-0.2, 0) is 9.53 Å². The minimum Gasteiger partial charge on any atom is -0.465 e. The first-order valence-corrected chi connectivity index (χ1v) is 8.06. The highest BCUT2D eigenvalue weighted by atomic mass is 32.2. The number of carbonyl (C=O) groups is 1. The fraction of sp³-hybridized carbons (Fsp3) is 0.923. The highest BCUT2D eigenvalue weighted by Crippen LogP contribution is 2.48. The summed E-state index contributed by atoms with van der Waals surface area (Å²) in [6.45, 7) is 3.51. The zero-order chi connectivity index (χ0) is 18.3. The van der Waals surface area contributed by atoms with Gasteiger partial charge in [-0.05, 0) is 25.5 Å². The summed E-state index contributed by atoms with van der Waals surface area (Å²) < 4.78 is 92.2. The van der Waals surface area contributed by atoms with Gasteiger partial charge in [0, 0.05) is 6.42 Å². The van der Waals surface area contributed by atoms with E-state index in [1.54, 1.807) is 13.8 Å². The molecule has 0 bridgehead atoms. The quantitative estimate of drug-likeness (QED) is 0.304. The maximum Gasteiger partial charge on any atom is 0.459 e. The van der Waals surface area contributed by atoms with Crippen LogP contribution in [0.5, 0.6) is 0 Å². The zero-order valence-electron chi connectivity index (χ0n) is 12.7. The summed E-state index contributed by atoms with van der Waals surface area (Å²) in [5.41, 5.74) is 0. The number of hydrogen-bond donors (Lipinski definition) is 0. The molecule has 1 atom stereocenters. The van der Waals surface area contributed by atoms with Crippen LogP contribution in [0, 0.1) is 0 Å². The summed E-state index contributed by atoms with van der Waals surface area (Å²) in [6.07, 6.45) is -7.49. The van der Waals surface area contributed by atoms with E-state index in [9.17, 15) is 35.5 Å². The minimum atomic E-state index is -6.31. The van der Waals surface area contributed by atoms with E-state index >= 15 is 0 Å². The van der Waals surface area contributed by atoms with E-state index in [0.29, 0.717) is 12.8 Å². The lowest BCUT2D eigenvalue weighted by Crippen LogP contribution is -2.51. The van der Waals surface area contributed by atoms with Crippen LogP contribution < -0.4 is 0 Å². The molecule has 0 aliphatic carbocycles. The van der Waals surface area contributed by atoms with Gasteiger partial charge in [-0.25, -0.2) is 0 Å². The van der Waals surface area contributed by atoms with Crippen LogP contribution in [0.25, 0.3) is 0 Å². The molecule has 0 N–H and O–H groups in total. The molecule has 0 aromatic heterocycles. The molecule has 0 radical (unpaired) electrons. The van der Waals surface area contributed by atoms with Crippen LogP contribution in [0.4, 0.5) is 30.7 Å². The van der Waals surface area contributed by atoms with Gasteiger partial charge in [-0.2, -0.15) is 30.7 Å². The third-order valence-corrected chi connectivity index (χ3v) is 4.22. The molecule has 10 heteroatoms. The van der Waals surface area contributed by atoms with Crippen molar-refractivity contribution >= 4 is 17.7 Å². The van der Waals surface area contributed by atoms with E-state index in [1.807, 2.05) is 0 Å². The van der Waals surface area contributed by atoms with Crippen LogP contribution in [0.3, 0.4) is 0 Å². The zero-order valence-corrected chi connectivity index (χ0v) is 13.5. The van der Waals surface area contributed by atoms with E-state index in [2.05, 4.69) is 0 Å². The molecule has 0 heterocycles. The first-order chi connectivity index (χ1) is 10.4. The molecule has 0 amide bonds. The topological polar surface area (TPSA) is 26.3 Å². The van der Waals surface area contributed by atoms with Crippen molar-refractivity contribution in [1.29, 1.82) is 0 Å². The number of hydrogen-bond acceptors (Lipinski definition) is 3. The lowest BCUT2D eigenvalue weighted by Gasteiger charge is -2.28. The number of alkyl halides is 7. The van der Waals surface area contributed by atoms with Gasteiger partial charge in [-0.3, -0.25) is 4.79 Å². The first kappa shape index (κ1) is 22.3.